The third kappa shape index (κ3) is 5.60. The Morgan fingerprint density at radius 2 is 1.89 bits per heavy atom. The zero-order valence-electron chi connectivity index (χ0n) is 19.2. The molecule has 0 fully saturated rings. The molecule has 1 aromatic heterocycles. The quantitative estimate of drug-likeness (QED) is 0.288. The van der Waals surface area contributed by atoms with Crippen molar-refractivity contribution in [3.05, 3.63) is 87.2 Å². The molecule has 2 amide bonds. The number of hydrogen-bond acceptors (Lipinski definition) is 7. The number of hydrogen-bond donors (Lipinski definition) is 2. The number of aryl methyl sites for hydroxylation is 1. The predicted molar refractivity (Wildman–Crippen MR) is 132 cm³/mol. The Balaban J connectivity index is 1.46. The molecule has 4 rings (SSSR count). The van der Waals surface area contributed by atoms with E-state index in [9.17, 15) is 19.7 Å². The number of nitrogens with one attached hydrogen (secondary N) is 2. The molecule has 180 valence electrons. The summed E-state index contributed by atoms with van der Waals surface area (Å²) in [6.45, 7) is 0. The Bertz CT molecular complexity index is 1300. The van der Waals surface area contributed by atoms with Gasteiger partial charge in [0.2, 0.25) is 0 Å². The molecule has 1 aliphatic rings. The summed E-state index contributed by atoms with van der Waals surface area (Å²) >= 11 is 1.27. The first-order valence-electron chi connectivity index (χ1n) is 11.0. The van der Waals surface area contributed by atoms with Gasteiger partial charge in [-0.25, -0.2) is 0 Å². The zero-order chi connectivity index (χ0) is 24.9. The van der Waals surface area contributed by atoms with Crippen LogP contribution in [0.4, 0.5) is 5.69 Å². The van der Waals surface area contributed by atoms with Crippen molar-refractivity contribution < 1.29 is 19.2 Å². The maximum absolute atomic E-state index is 12.8. The Hall–Kier alpha value is -3.92. The first-order valence-corrected chi connectivity index (χ1v) is 12.2. The Labute approximate surface area is 206 Å². The molecule has 2 N–H and O–H groups in total. The average molecular weight is 493 g/mol. The molecule has 1 atom stereocenters. The van der Waals surface area contributed by atoms with Crippen molar-refractivity contribution in [2.45, 2.75) is 30.2 Å². The van der Waals surface area contributed by atoms with Crippen LogP contribution in [0.15, 0.2) is 59.6 Å². The first kappa shape index (κ1) is 24.2. The third-order valence-electron chi connectivity index (χ3n) is 5.81. The van der Waals surface area contributed by atoms with E-state index in [4.69, 9.17) is 4.74 Å². The standard InChI is InChI=1S/C25H24N4O5S/c1-26-25(31)21-14-20(9-10-27-21)34-19-7-4-15-3-6-18(11-17(15)12-19)28-24(30)16-5-8-23(35-2)22(13-16)29(32)33/h4-5,7-10,12-14,18H,3,6,11H2,1-2H3,(H,26,31)(H,28,30). The molecule has 3 aromatic rings. The molecule has 1 aliphatic carbocycles. The van der Waals surface area contributed by atoms with Crippen molar-refractivity contribution in [1.82, 2.24) is 15.6 Å². The molecule has 0 radical (unpaired) electrons. The number of rotatable bonds is 7. The van der Waals surface area contributed by atoms with Crippen LogP contribution in [0, 0.1) is 10.1 Å². The maximum atomic E-state index is 12.8. The number of carbonyl (C=O) groups is 2. The number of amides is 2. The number of fused-ring (bicyclic) bond motifs is 1. The lowest BCUT2D eigenvalue weighted by atomic mass is 9.88. The second-order valence-corrected chi connectivity index (χ2v) is 8.89. The number of carbonyl (C=O) groups excluding carboxylic acids is 2. The lowest BCUT2D eigenvalue weighted by molar-refractivity contribution is -0.387. The van der Waals surface area contributed by atoms with Gasteiger partial charge in [-0.2, -0.15) is 0 Å². The molecular formula is C25H24N4O5S. The first-order chi connectivity index (χ1) is 16.9. The van der Waals surface area contributed by atoms with E-state index in [0.29, 0.717) is 22.8 Å². The molecule has 35 heavy (non-hydrogen) atoms. The van der Waals surface area contributed by atoms with E-state index in [0.717, 1.165) is 18.4 Å². The monoisotopic (exact) mass is 492 g/mol. The fourth-order valence-corrected chi connectivity index (χ4v) is 4.57. The summed E-state index contributed by atoms with van der Waals surface area (Å²) < 4.78 is 5.95. The van der Waals surface area contributed by atoms with Gasteiger partial charge in [0.05, 0.1) is 9.82 Å². The van der Waals surface area contributed by atoms with E-state index in [1.807, 2.05) is 18.2 Å². The highest BCUT2D eigenvalue weighted by Crippen LogP contribution is 2.30. The third-order valence-corrected chi connectivity index (χ3v) is 6.59. The van der Waals surface area contributed by atoms with Gasteiger partial charge in [0.25, 0.3) is 17.5 Å². The van der Waals surface area contributed by atoms with Crippen LogP contribution >= 0.6 is 11.8 Å². The summed E-state index contributed by atoms with van der Waals surface area (Å²) in [5.74, 6) is 0.482. The summed E-state index contributed by atoms with van der Waals surface area (Å²) in [6.07, 6.45) is 5.45. The van der Waals surface area contributed by atoms with Crippen LogP contribution in [-0.4, -0.2) is 41.1 Å². The number of nitro benzene ring substituents is 1. The highest BCUT2D eigenvalue weighted by molar-refractivity contribution is 7.98. The molecule has 0 saturated carbocycles. The minimum absolute atomic E-state index is 0.0726. The molecule has 1 heterocycles. The van der Waals surface area contributed by atoms with Gasteiger partial charge in [-0.3, -0.25) is 24.7 Å². The second-order valence-electron chi connectivity index (χ2n) is 8.05. The van der Waals surface area contributed by atoms with Gasteiger partial charge in [-0.15, -0.1) is 11.8 Å². The maximum Gasteiger partial charge on any atom is 0.283 e. The molecule has 1 unspecified atom stereocenters. The molecular weight excluding hydrogens is 468 g/mol. The van der Waals surface area contributed by atoms with Crippen molar-refractivity contribution in [3.8, 4) is 11.5 Å². The molecule has 0 spiro atoms. The fraction of sp³-hybridized carbons (Fsp3) is 0.240. The largest absolute Gasteiger partial charge is 0.457 e. The SMILES string of the molecule is CNC(=O)c1cc(Oc2ccc3c(c2)CC(NC(=O)c2ccc(SC)c([N+](=O)[O-])c2)CC3)ccn1. The molecule has 10 heteroatoms. The van der Waals surface area contributed by atoms with E-state index in [1.54, 1.807) is 30.5 Å². The number of nitro groups is 1. The summed E-state index contributed by atoms with van der Waals surface area (Å²) in [4.78, 5) is 40.1. The van der Waals surface area contributed by atoms with Gasteiger partial charge >= 0.3 is 0 Å². The average Bonchev–Trinajstić information content (AvgIpc) is 2.87. The van der Waals surface area contributed by atoms with Crippen molar-refractivity contribution in [2.24, 2.45) is 0 Å². The van der Waals surface area contributed by atoms with Crippen LogP contribution in [0.3, 0.4) is 0 Å². The molecule has 0 saturated heterocycles. The topological polar surface area (TPSA) is 123 Å². The molecule has 0 bridgehead atoms. The minimum atomic E-state index is -0.471. The van der Waals surface area contributed by atoms with Gasteiger partial charge in [0.1, 0.15) is 17.2 Å². The van der Waals surface area contributed by atoms with Crippen LogP contribution in [0.1, 0.15) is 38.4 Å². The Morgan fingerprint density at radius 3 is 2.63 bits per heavy atom. The number of benzene rings is 2. The van der Waals surface area contributed by atoms with Crippen molar-refractivity contribution in [1.29, 1.82) is 0 Å². The Morgan fingerprint density at radius 1 is 1.09 bits per heavy atom. The Kier molecular flexibility index (Phi) is 7.31. The normalized spacial score (nSPS) is 14.5. The van der Waals surface area contributed by atoms with Crippen molar-refractivity contribution in [2.75, 3.05) is 13.3 Å². The number of ether oxygens (including phenoxy) is 1. The summed E-state index contributed by atoms with van der Waals surface area (Å²) in [5, 5.41) is 16.9. The van der Waals surface area contributed by atoms with E-state index in [1.165, 1.54) is 36.6 Å². The van der Waals surface area contributed by atoms with E-state index in [2.05, 4.69) is 15.6 Å². The second kappa shape index (κ2) is 10.6. The van der Waals surface area contributed by atoms with Gasteiger partial charge in [-0.1, -0.05) is 6.07 Å². The van der Waals surface area contributed by atoms with Crippen molar-refractivity contribution >= 4 is 29.3 Å². The molecule has 0 aliphatic heterocycles. The minimum Gasteiger partial charge on any atom is -0.457 e. The van der Waals surface area contributed by atoms with Crippen LogP contribution < -0.4 is 15.4 Å². The van der Waals surface area contributed by atoms with Crippen LogP contribution in [0.2, 0.25) is 0 Å². The van der Waals surface area contributed by atoms with Crippen molar-refractivity contribution in [3.63, 3.8) is 0 Å². The lowest BCUT2D eigenvalue weighted by Gasteiger charge is -2.26. The van der Waals surface area contributed by atoms with Gasteiger partial charge in [-0.05, 0) is 67.0 Å². The van der Waals surface area contributed by atoms with Gasteiger partial charge in [0.15, 0.2) is 0 Å². The van der Waals surface area contributed by atoms with Crippen LogP contribution in [0.5, 0.6) is 11.5 Å². The zero-order valence-corrected chi connectivity index (χ0v) is 20.1. The van der Waals surface area contributed by atoms with Crippen LogP contribution in [0.25, 0.3) is 0 Å². The fourth-order valence-electron chi connectivity index (χ4n) is 4.03. The van der Waals surface area contributed by atoms with Gasteiger partial charge < -0.3 is 15.4 Å². The number of thioether (sulfide) groups is 1. The predicted octanol–water partition coefficient (Wildman–Crippen LogP) is 4.15. The smallest absolute Gasteiger partial charge is 0.283 e. The summed E-state index contributed by atoms with van der Waals surface area (Å²) in [5.41, 5.74) is 2.70. The van der Waals surface area contributed by atoms with E-state index in [-0.39, 0.29) is 34.8 Å². The molecule has 2 aromatic carbocycles. The van der Waals surface area contributed by atoms with E-state index < -0.39 is 4.92 Å². The van der Waals surface area contributed by atoms with E-state index >= 15 is 0 Å². The highest BCUT2D eigenvalue weighted by Gasteiger charge is 2.23. The number of nitrogens with zero attached hydrogens (tertiary/aromatic N) is 2. The van der Waals surface area contributed by atoms with Gasteiger partial charge in [0, 0.05) is 37.0 Å². The number of pyridine rings is 1. The summed E-state index contributed by atoms with van der Waals surface area (Å²) in [7, 11) is 1.54. The highest BCUT2D eigenvalue weighted by atomic mass is 32.2. The molecule has 9 nitrogen and oxygen atoms in total. The van der Waals surface area contributed by atoms with Crippen LogP contribution in [-0.2, 0) is 12.8 Å². The number of aromatic nitrogens is 1. The lowest BCUT2D eigenvalue weighted by Crippen LogP contribution is -2.38. The summed E-state index contributed by atoms with van der Waals surface area (Å²) in [6, 6.07) is 13.5.